The zero-order valence-electron chi connectivity index (χ0n) is 12.2. The molecule has 0 N–H and O–H groups in total. The van der Waals surface area contributed by atoms with E-state index >= 15 is 0 Å². The molecule has 21 heavy (non-hydrogen) atoms. The third-order valence-electron chi connectivity index (χ3n) is 3.21. The maximum absolute atomic E-state index is 12.4. The molecule has 0 spiro atoms. The second-order valence-electron chi connectivity index (χ2n) is 4.85. The Morgan fingerprint density at radius 3 is 2.33 bits per heavy atom. The summed E-state index contributed by atoms with van der Waals surface area (Å²) >= 11 is 0. The number of nitrogens with zero attached hydrogens (tertiary/aromatic N) is 1. The van der Waals surface area contributed by atoms with Crippen molar-refractivity contribution in [1.82, 2.24) is 4.31 Å². The summed E-state index contributed by atoms with van der Waals surface area (Å²) < 4.78 is 31.2. The Morgan fingerprint density at radius 1 is 1.00 bits per heavy atom. The molecule has 0 saturated heterocycles. The fourth-order valence-electron chi connectivity index (χ4n) is 2.02. The van der Waals surface area contributed by atoms with Crippen molar-refractivity contribution in [3.05, 3.63) is 65.7 Å². The summed E-state index contributed by atoms with van der Waals surface area (Å²) in [5.41, 5.74) is 1.68. The number of hydrogen-bond acceptors (Lipinski definition) is 3. The minimum absolute atomic E-state index is 0.00824. The van der Waals surface area contributed by atoms with E-state index < -0.39 is 10.0 Å². The van der Waals surface area contributed by atoms with Crippen LogP contribution in [0.15, 0.2) is 54.6 Å². The van der Waals surface area contributed by atoms with Crippen LogP contribution in [0.25, 0.3) is 0 Å². The Kier molecular flexibility index (Phi) is 4.98. The van der Waals surface area contributed by atoms with E-state index in [2.05, 4.69) is 0 Å². The van der Waals surface area contributed by atoms with Gasteiger partial charge in [0.25, 0.3) is 0 Å². The van der Waals surface area contributed by atoms with Gasteiger partial charge in [-0.1, -0.05) is 42.5 Å². The second kappa shape index (κ2) is 6.74. The molecule has 0 aliphatic heterocycles. The van der Waals surface area contributed by atoms with Gasteiger partial charge in [-0.25, -0.2) is 12.7 Å². The lowest BCUT2D eigenvalue weighted by Crippen LogP contribution is -2.27. The number of hydrogen-bond donors (Lipinski definition) is 0. The molecule has 0 aliphatic rings. The van der Waals surface area contributed by atoms with Gasteiger partial charge in [0.05, 0.1) is 12.9 Å². The van der Waals surface area contributed by atoms with Crippen molar-refractivity contribution < 1.29 is 13.2 Å². The van der Waals surface area contributed by atoms with Crippen LogP contribution >= 0.6 is 0 Å². The van der Waals surface area contributed by atoms with E-state index in [9.17, 15) is 8.42 Å². The molecule has 0 bridgehead atoms. The predicted molar refractivity (Wildman–Crippen MR) is 83.5 cm³/mol. The van der Waals surface area contributed by atoms with Crippen molar-refractivity contribution in [2.24, 2.45) is 0 Å². The van der Waals surface area contributed by atoms with Gasteiger partial charge in [0, 0.05) is 13.6 Å². The van der Waals surface area contributed by atoms with Gasteiger partial charge >= 0.3 is 0 Å². The average Bonchev–Trinajstić information content (AvgIpc) is 2.48. The summed E-state index contributed by atoms with van der Waals surface area (Å²) in [6, 6.07) is 16.6. The summed E-state index contributed by atoms with van der Waals surface area (Å²) in [6.45, 7) is 0.326. The lowest BCUT2D eigenvalue weighted by Gasteiger charge is -2.17. The summed E-state index contributed by atoms with van der Waals surface area (Å²) in [5, 5.41) is 0. The zero-order valence-corrected chi connectivity index (χ0v) is 13.0. The van der Waals surface area contributed by atoms with Crippen LogP contribution in [0.1, 0.15) is 11.1 Å². The average molecular weight is 305 g/mol. The Balaban J connectivity index is 2.09. The predicted octanol–water partition coefficient (Wildman–Crippen LogP) is 2.66. The van der Waals surface area contributed by atoms with E-state index in [0.29, 0.717) is 6.54 Å². The highest BCUT2D eigenvalue weighted by Crippen LogP contribution is 2.16. The Bertz CT molecular complexity index is 684. The number of benzene rings is 2. The smallest absolute Gasteiger partial charge is 0.218 e. The highest BCUT2D eigenvalue weighted by molar-refractivity contribution is 7.88. The lowest BCUT2D eigenvalue weighted by molar-refractivity contribution is 0.412. The first kappa shape index (κ1) is 15.5. The quantitative estimate of drug-likeness (QED) is 0.824. The molecule has 2 aromatic rings. The third kappa shape index (κ3) is 4.31. The van der Waals surface area contributed by atoms with E-state index in [1.165, 1.54) is 4.31 Å². The monoisotopic (exact) mass is 305 g/mol. The Morgan fingerprint density at radius 2 is 1.67 bits per heavy atom. The number of sulfonamides is 1. The highest BCUT2D eigenvalue weighted by atomic mass is 32.2. The van der Waals surface area contributed by atoms with Crippen molar-refractivity contribution in [1.29, 1.82) is 0 Å². The first-order valence-electron chi connectivity index (χ1n) is 6.62. The molecule has 0 unspecified atom stereocenters. The van der Waals surface area contributed by atoms with Gasteiger partial charge in [0.2, 0.25) is 10.0 Å². The molecule has 2 aromatic carbocycles. The van der Waals surface area contributed by atoms with Crippen LogP contribution in [0.3, 0.4) is 0 Å². The molecule has 0 amide bonds. The van der Waals surface area contributed by atoms with Gasteiger partial charge in [-0.15, -0.1) is 0 Å². The van der Waals surface area contributed by atoms with E-state index in [1.807, 2.05) is 54.6 Å². The molecule has 112 valence electrons. The maximum atomic E-state index is 12.4. The van der Waals surface area contributed by atoms with Crippen LogP contribution in [0.5, 0.6) is 5.75 Å². The maximum Gasteiger partial charge on any atom is 0.218 e. The van der Waals surface area contributed by atoms with Crippen molar-refractivity contribution in [2.75, 3.05) is 14.2 Å². The first-order chi connectivity index (χ1) is 10.0. The van der Waals surface area contributed by atoms with Gasteiger partial charge in [-0.3, -0.25) is 0 Å². The topological polar surface area (TPSA) is 46.6 Å². The van der Waals surface area contributed by atoms with Gasteiger partial charge in [0.15, 0.2) is 0 Å². The van der Waals surface area contributed by atoms with E-state index in [-0.39, 0.29) is 5.75 Å². The molecule has 0 fully saturated rings. The van der Waals surface area contributed by atoms with Crippen LogP contribution in [0.4, 0.5) is 0 Å². The lowest BCUT2D eigenvalue weighted by atomic mass is 10.2. The van der Waals surface area contributed by atoms with Crippen molar-refractivity contribution in [2.45, 2.75) is 12.3 Å². The SMILES string of the molecule is COc1cccc(CN(C)S(=O)(=O)Cc2ccccc2)c1. The molecule has 2 rings (SSSR count). The van der Waals surface area contributed by atoms with E-state index in [4.69, 9.17) is 4.74 Å². The van der Waals surface area contributed by atoms with Gasteiger partial charge in [-0.05, 0) is 23.3 Å². The number of rotatable bonds is 6. The minimum Gasteiger partial charge on any atom is -0.497 e. The summed E-state index contributed by atoms with van der Waals surface area (Å²) in [5.74, 6) is 0.732. The Hall–Kier alpha value is -1.85. The largest absolute Gasteiger partial charge is 0.497 e. The summed E-state index contributed by atoms with van der Waals surface area (Å²) in [6.07, 6.45) is 0. The van der Waals surface area contributed by atoms with Crippen molar-refractivity contribution >= 4 is 10.0 Å². The molecule has 0 atom stereocenters. The van der Waals surface area contributed by atoms with Crippen LogP contribution < -0.4 is 4.74 Å². The second-order valence-corrected chi connectivity index (χ2v) is 6.93. The van der Waals surface area contributed by atoms with Crippen molar-refractivity contribution in [3.8, 4) is 5.75 Å². The minimum atomic E-state index is -3.34. The van der Waals surface area contributed by atoms with Crippen LogP contribution in [0.2, 0.25) is 0 Å². The van der Waals surface area contributed by atoms with Crippen molar-refractivity contribution in [3.63, 3.8) is 0 Å². The molecule has 0 aromatic heterocycles. The van der Waals surface area contributed by atoms with Gasteiger partial charge in [0.1, 0.15) is 5.75 Å². The molecule has 0 radical (unpaired) electrons. The molecule has 0 saturated carbocycles. The number of methoxy groups -OCH3 is 1. The fraction of sp³-hybridized carbons (Fsp3) is 0.250. The number of ether oxygens (including phenoxy) is 1. The third-order valence-corrected chi connectivity index (χ3v) is 4.98. The summed E-state index contributed by atoms with van der Waals surface area (Å²) in [7, 11) is -0.151. The molecular formula is C16H19NO3S. The summed E-state index contributed by atoms with van der Waals surface area (Å²) in [4.78, 5) is 0. The molecule has 4 nitrogen and oxygen atoms in total. The van der Waals surface area contributed by atoms with Crippen LogP contribution in [-0.4, -0.2) is 26.9 Å². The standard InChI is InChI=1S/C16H19NO3S/c1-17(12-15-9-6-10-16(11-15)20-2)21(18,19)13-14-7-4-3-5-8-14/h3-11H,12-13H2,1-2H3. The molecule has 5 heteroatoms. The van der Waals surface area contributed by atoms with Gasteiger partial charge in [-0.2, -0.15) is 0 Å². The molecular weight excluding hydrogens is 286 g/mol. The van der Waals surface area contributed by atoms with E-state index in [1.54, 1.807) is 14.2 Å². The molecule has 0 heterocycles. The zero-order chi connectivity index (χ0) is 15.3. The van der Waals surface area contributed by atoms with Crippen LogP contribution in [-0.2, 0) is 22.3 Å². The molecule has 0 aliphatic carbocycles. The first-order valence-corrected chi connectivity index (χ1v) is 8.23. The highest BCUT2D eigenvalue weighted by Gasteiger charge is 2.18. The van der Waals surface area contributed by atoms with Crippen LogP contribution in [0, 0.1) is 0 Å². The fourth-order valence-corrected chi connectivity index (χ4v) is 3.20. The van der Waals surface area contributed by atoms with E-state index in [0.717, 1.165) is 16.9 Å². The Labute approximate surface area is 126 Å². The normalized spacial score (nSPS) is 11.6. The van der Waals surface area contributed by atoms with Gasteiger partial charge < -0.3 is 4.74 Å².